The first-order valence-electron chi connectivity index (χ1n) is 6.31. The molecule has 104 valence electrons. The molecule has 4 nitrogen and oxygen atoms in total. The Morgan fingerprint density at radius 3 is 2.55 bits per heavy atom. The quantitative estimate of drug-likeness (QED) is 0.921. The average Bonchev–Trinajstić information content (AvgIpc) is 2.46. The normalized spacial score (nSPS) is 9.90. The van der Waals surface area contributed by atoms with Gasteiger partial charge in [0.1, 0.15) is 12.4 Å². The van der Waals surface area contributed by atoms with Crippen LogP contribution < -0.4 is 10.1 Å². The number of amides is 1. The maximum Gasteiger partial charge on any atom is 0.411 e. The van der Waals surface area contributed by atoms with E-state index in [1.54, 1.807) is 13.2 Å². The second kappa shape index (κ2) is 6.61. The molecule has 0 aromatic heterocycles. The molecule has 2 aromatic carbocycles. The van der Waals surface area contributed by atoms with Crippen LogP contribution in [0.5, 0.6) is 5.75 Å². The second-order valence-corrected chi connectivity index (χ2v) is 4.37. The number of hydrogen-bond donors (Lipinski definition) is 1. The van der Waals surface area contributed by atoms with E-state index in [2.05, 4.69) is 5.32 Å². The lowest BCUT2D eigenvalue weighted by molar-refractivity contribution is 0.155. The highest BCUT2D eigenvalue weighted by atomic mass is 16.5. The fourth-order valence-corrected chi connectivity index (χ4v) is 1.83. The lowest BCUT2D eigenvalue weighted by Gasteiger charge is -2.09. The zero-order valence-corrected chi connectivity index (χ0v) is 11.6. The van der Waals surface area contributed by atoms with E-state index < -0.39 is 6.09 Å². The first-order valence-corrected chi connectivity index (χ1v) is 6.31. The van der Waals surface area contributed by atoms with Crippen molar-refractivity contribution in [3.05, 3.63) is 59.7 Å². The minimum Gasteiger partial charge on any atom is -0.496 e. The van der Waals surface area contributed by atoms with Crippen molar-refractivity contribution in [3.8, 4) is 5.75 Å². The van der Waals surface area contributed by atoms with Crippen LogP contribution in [-0.4, -0.2) is 13.2 Å². The number of anilines is 1. The number of carbonyl (C=O) groups is 1. The molecular formula is C16H17NO3. The van der Waals surface area contributed by atoms with Crippen LogP contribution >= 0.6 is 0 Å². The van der Waals surface area contributed by atoms with Crippen molar-refractivity contribution in [2.75, 3.05) is 12.4 Å². The predicted octanol–water partition coefficient (Wildman–Crippen LogP) is 3.75. The smallest absolute Gasteiger partial charge is 0.411 e. The monoisotopic (exact) mass is 271 g/mol. The fourth-order valence-electron chi connectivity index (χ4n) is 1.83. The van der Waals surface area contributed by atoms with Crippen LogP contribution in [0.3, 0.4) is 0 Å². The van der Waals surface area contributed by atoms with E-state index in [0.29, 0.717) is 5.69 Å². The molecule has 0 aliphatic carbocycles. The first-order chi connectivity index (χ1) is 9.69. The lowest BCUT2D eigenvalue weighted by atomic mass is 10.2. The highest BCUT2D eigenvalue weighted by molar-refractivity contribution is 5.84. The number of carbonyl (C=O) groups excluding carboxylic acids is 1. The SMILES string of the molecule is COc1ccc(NC(=O)OCc2ccccc2)cc1C. The van der Waals surface area contributed by atoms with Gasteiger partial charge in [-0.3, -0.25) is 5.32 Å². The number of aryl methyl sites for hydroxylation is 1. The lowest BCUT2D eigenvalue weighted by Crippen LogP contribution is -2.13. The van der Waals surface area contributed by atoms with E-state index in [9.17, 15) is 4.79 Å². The summed E-state index contributed by atoms with van der Waals surface area (Å²) in [5.74, 6) is 0.785. The number of hydrogen-bond acceptors (Lipinski definition) is 3. The molecular weight excluding hydrogens is 254 g/mol. The maximum atomic E-state index is 11.7. The Hall–Kier alpha value is -2.49. The Morgan fingerprint density at radius 2 is 1.90 bits per heavy atom. The highest BCUT2D eigenvalue weighted by Gasteiger charge is 2.05. The third kappa shape index (κ3) is 3.75. The van der Waals surface area contributed by atoms with Crippen molar-refractivity contribution < 1.29 is 14.3 Å². The van der Waals surface area contributed by atoms with Crippen LogP contribution in [0.1, 0.15) is 11.1 Å². The summed E-state index contributed by atoms with van der Waals surface area (Å²) < 4.78 is 10.3. The summed E-state index contributed by atoms with van der Waals surface area (Å²) in [7, 11) is 1.61. The van der Waals surface area contributed by atoms with Crippen molar-refractivity contribution in [3.63, 3.8) is 0 Å². The first kappa shape index (κ1) is 13.9. The van der Waals surface area contributed by atoms with E-state index in [0.717, 1.165) is 16.9 Å². The van der Waals surface area contributed by atoms with Crippen LogP contribution in [0, 0.1) is 6.92 Å². The molecule has 0 saturated carbocycles. The molecule has 1 amide bonds. The van der Waals surface area contributed by atoms with Gasteiger partial charge in [0.25, 0.3) is 0 Å². The largest absolute Gasteiger partial charge is 0.496 e. The maximum absolute atomic E-state index is 11.7. The Balaban J connectivity index is 1.90. The minimum atomic E-state index is -0.474. The Labute approximate surface area is 118 Å². The van der Waals surface area contributed by atoms with E-state index in [1.165, 1.54) is 0 Å². The van der Waals surface area contributed by atoms with E-state index in [-0.39, 0.29) is 6.61 Å². The standard InChI is InChI=1S/C16H17NO3/c1-12-10-14(8-9-15(12)19-2)17-16(18)20-11-13-6-4-3-5-7-13/h3-10H,11H2,1-2H3,(H,17,18). The van der Waals surface area contributed by atoms with Gasteiger partial charge in [-0.1, -0.05) is 30.3 Å². The third-order valence-corrected chi connectivity index (χ3v) is 2.85. The summed E-state index contributed by atoms with van der Waals surface area (Å²) in [5.41, 5.74) is 2.59. The van der Waals surface area contributed by atoms with Crippen molar-refractivity contribution in [2.24, 2.45) is 0 Å². The van der Waals surface area contributed by atoms with E-state index in [4.69, 9.17) is 9.47 Å². The van der Waals surface area contributed by atoms with E-state index in [1.807, 2.05) is 49.4 Å². The van der Waals surface area contributed by atoms with Gasteiger partial charge in [0.2, 0.25) is 0 Å². The van der Waals surface area contributed by atoms with Gasteiger partial charge in [-0.25, -0.2) is 4.79 Å². The number of benzene rings is 2. The molecule has 0 aliphatic rings. The van der Waals surface area contributed by atoms with Crippen molar-refractivity contribution in [1.82, 2.24) is 0 Å². The molecule has 0 saturated heterocycles. The predicted molar refractivity (Wildman–Crippen MR) is 78.0 cm³/mol. The summed E-state index contributed by atoms with van der Waals surface area (Å²) in [6.45, 7) is 2.17. The molecule has 2 rings (SSSR count). The zero-order chi connectivity index (χ0) is 14.4. The molecule has 0 unspecified atom stereocenters. The van der Waals surface area contributed by atoms with Gasteiger partial charge in [-0.15, -0.1) is 0 Å². The van der Waals surface area contributed by atoms with Crippen molar-refractivity contribution >= 4 is 11.8 Å². The third-order valence-electron chi connectivity index (χ3n) is 2.85. The van der Waals surface area contributed by atoms with Gasteiger partial charge in [0.15, 0.2) is 0 Å². The van der Waals surface area contributed by atoms with Gasteiger partial charge >= 0.3 is 6.09 Å². The molecule has 0 bridgehead atoms. The summed E-state index contributed by atoms with van der Waals surface area (Å²) >= 11 is 0. The number of methoxy groups -OCH3 is 1. The van der Waals surface area contributed by atoms with Crippen LogP contribution in [0.4, 0.5) is 10.5 Å². The Bertz CT molecular complexity index is 582. The van der Waals surface area contributed by atoms with Crippen LogP contribution in [-0.2, 0) is 11.3 Å². The molecule has 0 spiro atoms. The summed E-state index contributed by atoms with van der Waals surface area (Å²) in [4.78, 5) is 11.7. The Morgan fingerprint density at radius 1 is 1.15 bits per heavy atom. The van der Waals surface area contributed by atoms with Gasteiger partial charge in [0, 0.05) is 5.69 Å². The fraction of sp³-hybridized carbons (Fsp3) is 0.188. The van der Waals surface area contributed by atoms with Gasteiger partial charge < -0.3 is 9.47 Å². The summed E-state index contributed by atoms with van der Waals surface area (Å²) in [6, 6.07) is 15.0. The van der Waals surface area contributed by atoms with Gasteiger partial charge in [0.05, 0.1) is 7.11 Å². The number of nitrogens with one attached hydrogen (secondary N) is 1. The van der Waals surface area contributed by atoms with E-state index >= 15 is 0 Å². The molecule has 4 heteroatoms. The van der Waals surface area contributed by atoms with Crippen molar-refractivity contribution in [1.29, 1.82) is 0 Å². The highest BCUT2D eigenvalue weighted by Crippen LogP contribution is 2.21. The number of rotatable bonds is 4. The van der Waals surface area contributed by atoms with Crippen LogP contribution in [0.2, 0.25) is 0 Å². The van der Waals surface area contributed by atoms with Gasteiger partial charge in [-0.05, 0) is 36.2 Å². The molecule has 0 radical (unpaired) electrons. The topological polar surface area (TPSA) is 47.6 Å². The second-order valence-electron chi connectivity index (χ2n) is 4.37. The van der Waals surface area contributed by atoms with Crippen molar-refractivity contribution in [2.45, 2.75) is 13.5 Å². The zero-order valence-electron chi connectivity index (χ0n) is 11.6. The average molecular weight is 271 g/mol. The van der Waals surface area contributed by atoms with Crippen LogP contribution in [0.15, 0.2) is 48.5 Å². The Kier molecular flexibility index (Phi) is 4.60. The molecule has 20 heavy (non-hydrogen) atoms. The number of ether oxygens (including phenoxy) is 2. The molecule has 0 aliphatic heterocycles. The molecule has 0 fully saturated rings. The summed E-state index contributed by atoms with van der Waals surface area (Å²) in [5, 5.41) is 2.69. The van der Waals surface area contributed by atoms with Crippen LogP contribution in [0.25, 0.3) is 0 Å². The minimum absolute atomic E-state index is 0.252. The molecule has 1 N–H and O–H groups in total. The molecule has 0 heterocycles. The summed E-state index contributed by atoms with van der Waals surface area (Å²) in [6.07, 6.45) is -0.474. The molecule has 0 atom stereocenters. The molecule has 2 aromatic rings. The van der Waals surface area contributed by atoms with Gasteiger partial charge in [-0.2, -0.15) is 0 Å².